The Hall–Kier alpha value is -2.15. The van der Waals surface area contributed by atoms with E-state index in [4.69, 9.17) is 4.74 Å². The lowest BCUT2D eigenvalue weighted by Gasteiger charge is -2.17. The molecule has 0 heterocycles. The number of carbonyl (C=O) groups is 1. The summed E-state index contributed by atoms with van der Waals surface area (Å²) in [4.78, 5) is 15.8. The summed E-state index contributed by atoms with van der Waals surface area (Å²) in [5.41, 5.74) is 0.414. The smallest absolute Gasteiger partial charge is 0.243 e. The molecule has 1 aromatic rings. The summed E-state index contributed by atoms with van der Waals surface area (Å²) >= 11 is 0. The van der Waals surface area contributed by atoms with Crippen LogP contribution < -0.4 is 16.0 Å². The molecule has 0 aliphatic carbocycles. The molecular formula is C14H21FN4O2. The highest BCUT2D eigenvalue weighted by atomic mass is 19.1. The second-order valence-electron chi connectivity index (χ2n) is 4.49. The zero-order chi connectivity index (χ0) is 15.7. The molecule has 1 aromatic carbocycles. The summed E-state index contributed by atoms with van der Waals surface area (Å²) < 4.78 is 18.0. The van der Waals surface area contributed by atoms with Gasteiger partial charge in [0.2, 0.25) is 5.91 Å². The van der Waals surface area contributed by atoms with Gasteiger partial charge in [-0.1, -0.05) is 6.07 Å². The van der Waals surface area contributed by atoms with Crippen LogP contribution in [-0.2, 0) is 9.53 Å². The molecule has 0 saturated heterocycles. The number of hydrogen-bond donors (Lipinski definition) is 3. The van der Waals surface area contributed by atoms with Gasteiger partial charge >= 0.3 is 0 Å². The fraction of sp³-hybridized carbons (Fsp3) is 0.429. The number of nitrogens with one attached hydrogen (secondary N) is 3. The molecule has 1 unspecified atom stereocenters. The van der Waals surface area contributed by atoms with E-state index in [2.05, 4.69) is 20.9 Å². The Balaban J connectivity index is 2.40. The Morgan fingerprint density at radius 3 is 2.86 bits per heavy atom. The summed E-state index contributed by atoms with van der Waals surface area (Å²) in [6, 6.07) is 5.79. The Labute approximate surface area is 123 Å². The summed E-state index contributed by atoms with van der Waals surface area (Å²) in [5.74, 6) is -0.191. The van der Waals surface area contributed by atoms with Gasteiger partial charge in [-0.3, -0.25) is 9.79 Å². The minimum Gasteiger partial charge on any atom is -0.383 e. The van der Waals surface area contributed by atoms with Gasteiger partial charge in [0.25, 0.3) is 0 Å². The number of hydrogen-bond acceptors (Lipinski definition) is 3. The molecule has 1 rings (SSSR count). The minimum atomic E-state index is -0.397. The summed E-state index contributed by atoms with van der Waals surface area (Å²) in [5, 5.41) is 8.53. The first kappa shape index (κ1) is 16.9. The summed E-state index contributed by atoms with van der Waals surface area (Å²) in [6.45, 7) is 2.48. The van der Waals surface area contributed by atoms with Crippen LogP contribution in [0.5, 0.6) is 0 Å². The predicted octanol–water partition coefficient (Wildman–Crippen LogP) is 0.964. The van der Waals surface area contributed by atoms with Crippen molar-refractivity contribution in [2.24, 2.45) is 4.99 Å². The molecule has 116 valence electrons. The number of aliphatic imine (C=N–C) groups is 1. The van der Waals surface area contributed by atoms with E-state index in [9.17, 15) is 9.18 Å². The number of rotatable bonds is 6. The van der Waals surface area contributed by atoms with Crippen LogP contribution in [0.15, 0.2) is 29.3 Å². The number of anilines is 1. The fourth-order valence-electron chi connectivity index (χ4n) is 1.66. The van der Waals surface area contributed by atoms with E-state index < -0.39 is 5.82 Å². The number of benzene rings is 1. The molecule has 3 N–H and O–H groups in total. The monoisotopic (exact) mass is 296 g/mol. The van der Waals surface area contributed by atoms with Gasteiger partial charge in [0.05, 0.1) is 13.2 Å². The maximum atomic E-state index is 13.0. The minimum absolute atomic E-state index is 0.0237. The van der Waals surface area contributed by atoms with Gasteiger partial charge in [0, 0.05) is 25.9 Å². The number of halogens is 1. The normalized spacial score (nSPS) is 12.7. The van der Waals surface area contributed by atoms with Crippen LogP contribution in [0.4, 0.5) is 10.1 Å². The van der Waals surface area contributed by atoms with E-state index in [0.717, 1.165) is 0 Å². The molecule has 6 nitrogen and oxygen atoms in total. The number of methoxy groups -OCH3 is 1. The van der Waals surface area contributed by atoms with Crippen LogP contribution in [0.3, 0.4) is 0 Å². The standard InChI is InChI=1S/C14H21FN4O2/c1-10(9-21-3)18-14(16-2)17-8-13(20)19-12-6-4-5-11(15)7-12/h4-7,10H,8-9H2,1-3H3,(H,19,20)(H2,16,17,18). The Bertz CT molecular complexity index is 494. The second-order valence-corrected chi connectivity index (χ2v) is 4.49. The maximum absolute atomic E-state index is 13.0. The zero-order valence-electron chi connectivity index (χ0n) is 12.4. The number of nitrogens with zero attached hydrogens (tertiary/aromatic N) is 1. The Morgan fingerprint density at radius 1 is 1.48 bits per heavy atom. The van der Waals surface area contributed by atoms with E-state index in [1.807, 2.05) is 6.92 Å². The highest BCUT2D eigenvalue weighted by molar-refractivity contribution is 5.94. The molecule has 7 heteroatoms. The average Bonchev–Trinajstić information content (AvgIpc) is 2.43. The van der Waals surface area contributed by atoms with Crippen molar-refractivity contribution < 1.29 is 13.9 Å². The molecule has 0 saturated carbocycles. The highest BCUT2D eigenvalue weighted by Crippen LogP contribution is 2.08. The van der Waals surface area contributed by atoms with Crippen molar-refractivity contribution in [1.82, 2.24) is 10.6 Å². The Morgan fingerprint density at radius 2 is 2.24 bits per heavy atom. The lowest BCUT2D eigenvalue weighted by Crippen LogP contribution is -2.46. The van der Waals surface area contributed by atoms with Crippen molar-refractivity contribution in [2.75, 3.05) is 32.6 Å². The van der Waals surface area contributed by atoms with Gasteiger partial charge in [-0.25, -0.2) is 4.39 Å². The molecule has 0 spiro atoms. The van der Waals surface area contributed by atoms with Crippen molar-refractivity contribution in [2.45, 2.75) is 13.0 Å². The zero-order valence-corrected chi connectivity index (χ0v) is 12.4. The molecule has 0 bridgehead atoms. The van der Waals surface area contributed by atoms with Gasteiger partial charge < -0.3 is 20.7 Å². The number of ether oxygens (including phenoxy) is 1. The summed E-state index contributed by atoms with van der Waals surface area (Å²) in [7, 11) is 3.22. The maximum Gasteiger partial charge on any atom is 0.243 e. The Kier molecular flexibility index (Phi) is 7.17. The van der Waals surface area contributed by atoms with Crippen molar-refractivity contribution >= 4 is 17.6 Å². The van der Waals surface area contributed by atoms with E-state index in [0.29, 0.717) is 18.3 Å². The highest BCUT2D eigenvalue weighted by Gasteiger charge is 2.07. The van der Waals surface area contributed by atoms with Crippen molar-refractivity contribution in [3.63, 3.8) is 0 Å². The molecule has 0 fully saturated rings. The van der Waals surface area contributed by atoms with E-state index in [-0.39, 0.29) is 18.5 Å². The quantitative estimate of drug-likeness (QED) is 0.540. The van der Waals surface area contributed by atoms with Gasteiger partial charge in [0.1, 0.15) is 5.82 Å². The summed E-state index contributed by atoms with van der Waals surface area (Å²) in [6.07, 6.45) is 0. The van der Waals surface area contributed by atoms with Gasteiger partial charge in [-0.05, 0) is 25.1 Å². The third-order valence-electron chi connectivity index (χ3n) is 2.55. The number of carbonyl (C=O) groups excluding carboxylic acids is 1. The first-order chi connectivity index (χ1) is 10.0. The van der Waals surface area contributed by atoms with Gasteiger partial charge in [0.15, 0.2) is 5.96 Å². The van der Waals surface area contributed by atoms with E-state index in [1.54, 1.807) is 20.2 Å². The molecule has 0 aliphatic rings. The molecule has 1 atom stereocenters. The fourth-order valence-corrected chi connectivity index (χ4v) is 1.66. The molecule has 21 heavy (non-hydrogen) atoms. The largest absolute Gasteiger partial charge is 0.383 e. The van der Waals surface area contributed by atoms with Gasteiger partial charge in [-0.2, -0.15) is 0 Å². The first-order valence-electron chi connectivity index (χ1n) is 6.56. The second kappa shape index (κ2) is 8.91. The molecular weight excluding hydrogens is 275 g/mol. The SMILES string of the molecule is CN=C(NCC(=O)Nc1cccc(F)c1)NC(C)COC. The van der Waals surface area contributed by atoms with Crippen molar-refractivity contribution in [1.29, 1.82) is 0 Å². The molecule has 0 aliphatic heterocycles. The lowest BCUT2D eigenvalue weighted by molar-refractivity contribution is -0.115. The van der Waals surface area contributed by atoms with E-state index >= 15 is 0 Å². The molecule has 1 amide bonds. The predicted molar refractivity (Wildman–Crippen MR) is 80.9 cm³/mol. The third-order valence-corrected chi connectivity index (χ3v) is 2.55. The van der Waals surface area contributed by atoms with Crippen LogP contribution in [0.1, 0.15) is 6.92 Å². The lowest BCUT2D eigenvalue weighted by atomic mass is 10.3. The van der Waals surface area contributed by atoms with Crippen molar-refractivity contribution in [3.8, 4) is 0 Å². The third kappa shape index (κ3) is 6.71. The van der Waals surface area contributed by atoms with Crippen LogP contribution in [-0.4, -0.2) is 45.2 Å². The molecule has 0 aromatic heterocycles. The van der Waals surface area contributed by atoms with Crippen LogP contribution in [0.25, 0.3) is 0 Å². The van der Waals surface area contributed by atoms with Crippen LogP contribution in [0, 0.1) is 5.82 Å². The van der Waals surface area contributed by atoms with Crippen LogP contribution in [0.2, 0.25) is 0 Å². The number of amides is 1. The average molecular weight is 296 g/mol. The molecule has 0 radical (unpaired) electrons. The number of guanidine groups is 1. The van der Waals surface area contributed by atoms with Crippen LogP contribution >= 0.6 is 0 Å². The topological polar surface area (TPSA) is 74.8 Å². The van der Waals surface area contributed by atoms with E-state index in [1.165, 1.54) is 18.2 Å². The first-order valence-corrected chi connectivity index (χ1v) is 6.56. The van der Waals surface area contributed by atoms with Crippen molar-refractivity contribution in [3.05, 3.63) is 30.1 Å². The van der Waals surface area contributed by atoms with Gasteiger partial charge in [-0.15, -0.1) is 0 Å².